The van der Waals surface area contributed by atoms with Crippen molar-refractivity contribution in [3.05, 3.63) is 89.3 Å². The zero-order valence-electron chi connectivity index (χ0n) is 17.1. The van der Waals surface area contributed by atoms with Crippen molar-refractivity contribution in [1.82, 2.24) is 9.88 Å². The summed E-state index contributed by atoms with van der Waals surface area (Å²) in [6.45, 7) is 1.98. The molecular weight excluding hydrogens is 426 g/mol. The van der Waals surface area contributed by atoms with E-state index in [1.54, 1.807) is 41.1 Å². The lowest BCUT2D eigenvalue weighted by Gasteiger charge is -2.30. The second-order valence-electron chi connectivity index (χ2n) is 7.10. The Kier molecular flexibility index (Phi) is 5.70. The highest BCUT2D eigenvalue weighted by Crippen LogP contribution is 2.26. The van der Waals surface area contributed by atoms with Gasteiger partial charge < -0.3 is 9.67 Å². The predicted octanol–water partition coefficient (Wildman–Crippen LogP) is 3.57. The Hall–Kier alpha value is -4.04. The number of para-hydroxylation sites is 1. The molecule has 1 aliphatic heterocycles. The number of thiocarbonyl (C=S) groups is 1. The molecule has 1 saturated heterocycles. The molecule has 4 rings (SSSR count). The van der Waals surface area contributed by atoms with Gasteiger partial charge in [0.15, 0.2) is 5.11 Å². The van der Waals surface area contributed by atoms with E-state index in [1.165, 1.54) is 23.1 Å². The summed E-state index contributed by atoms with van der Waals surface area (Å²) < 4.78 is 1.76. The molecule has 0 spiro atoms. The Morgan fingerprint density at radius 1 is 1.06 bits per heavy atom. The molecule has 1 fully saturated rings. The van der Waals surface area contributed by atoms with E-state index in [0.717, 1.165) is 5.56 Å². The minimum Gasteiger partial charge on any atom is -0.478 e. The molecule has 7 nitrogen and oxygen atoms in total. The fourth-order valence-electron chi connectivity index (χ4n) is 3.56. The first-order valence-corrected chi connectivity index (χ1v) is 10.3. The number of aromatic carboxylic acids is 1. The number of nitrogens with zero attached hydrogens (tertiary/aromatic N) is 2. The van der Waals surface area contributed by atoms with Gasteiger partial charge >= 0.3 is 5.97 Å². The van der Waals surface area contributed by atoms with E-state index >= 15 is 0 Å². The molecule has 0 radical (unpaired) electrons. The van der Waals surface area contributed by atoms with Crippen LogP contribution in [0.2, 0.25) is 0 Å². The molecule has 2 heterocycles. The first kappa shape index (κ1) is 21.2. The van der Waals surface area contributed by atoms with Crippen LogP contribution in [0, 0.1) is 0 Å². The fraction of sp³-hybridized carbons (Fsp3) is 0.0833. The van der Waals surface area contributed by atoms with Crippen LogP contribution in [0.25, 0.3) is 11.8 Å². The van der Waals surface area contributed by atoms with Crippen molar-refractivity contribution in [3.8, 4) is 5.69 Å². The van der Waals surface area contributed by atoms with Crippen molar-refractivity contribution in [3.63, 3.8) is 0 Å². The van der Waals surface area contributed by atoms with Crippen LogP contribution in [0.1, 0.15) is 28.5 Å². The van der Waals surface area contributed by atoms with Crippen molar-refractivity contribution in [2.45, 2.75) is 13.3 Å². The van der Waals surface area contributed by atoms with E-state index in [9.17, 15) is 14.4 Å². The number of amides is 2. The summed E-state index contributed by atoms with van der Waals surface area (Å²) in [4.78, 5) is 38.4. The van der Waals surface area contributed by atoms with Crippen molar-refractivity contribution in [2.75, 3.05) is 4.90 Å². The highest BCUT2D eigenvalue weighted by Gasteiger charge is 2.35. The van der Waals surface area contributed by atoms with Crippen LogP contribution < -0.4 is 10.2 Å². The Labute approximate surface area is 189 Å². The van der Waals surface area contributed by atoms with Crippen LogP contribution in [0.4, 0.5) is 5.69 Å². The Balaban J connectivity index is 1.74. The van der Waals surface area contributed by atoms with E-state index in [2.05, 4.69) is 5.32 Å². The monoisotopic (exact) mass is 445 g/mol. The molecule has 2 N–H and O–H groups in total. The summed E-state index contributed by atoms with van der Waals surface area (Å²) in [6, 6.07) is 17.3. The number of carbonyl (C=O) groups is 3. The van der Waals surface area contributed by atoms with Crippen LogP contribution in [-0.4, -0.2) is 32.6 Å². The average Bonchev–Trinajstić information content (AvgIpc) is 3.25. The molecule has 3 aromatic rings. The van der Waals surface area contributed by atoms with Crippen LogP contribution in [0.15, 0.2) is 72.4 Å². The number of hydrogen-bond acceptors (Lipinski definition) is 4. The number of hydrogen-bond donors (Lipinski definition) is 2. The topological polar surface area (TPSA) is 91.6 Å². The lowest BCUT2D eigenvalue weighted by atomic mass is 10.1. The van der Waals surface area contributed by atoms with E-state index in [1.807, 2.05) is 25.1 Å². The maximum absolute atomic E-state index is 13.3. The normalized spacial score (nSPS) is 15.2. The van der Waals surface area contributed by atoms with Gasteiger partial charge in [0.25, 0.3) is 11.8 Å². The van der Waals surface area contributed by atoms with Crippen molar-refractivity contribution in [1.29, 1.82) is 0 Å². The molecule has 0 aliphatic carbocycles. The maximum atomic E-state index is 13.3. The molecule has 0 saturated carbocycles. The van der Waals surface area contributed by atoms with E-state index in [0.29, 0.717) is 23.5 Å². The lowest BCUT2D eigenvalue weighted by Crippen LogP contribution is -2.54. The van der Waals surface area contributed by atoms with Gasteiger partial charge in [-0.1, -0.05) is 25.1 Å². The number of aryl methyl sites for hydroxylation is 1. The van der Waals surface area contributed by atoms with Gasteiger partial charge in [-0.25, -0.2) is 4.79 Å². The van der Waals surface area contributed by atoms with Crippen LogP contribution in [0.5, 0.6) is 0 Å². The number of rotatable bonds is 5. The van der Waals surface area contributed by atoms with Crippen LogP contribution in [-0.2, 0) is 16.0 Å². The van der Waals surface area contributed by atoms with Crippen molar-refractivity contribution < 1.29 is 19.5 Å². The Morgan fingerprint density at radius 2 is 1.78 bits per heavy atom. The van der Waals surface area contributed by atoms with E-state index in [-0.39, 0.29) is 16.2 Å². The number of nitrogens with one attached hydrogen (secondary N) is 1. The quantitative estimate of drug-likeness (QED) is 0.356. The van der Waals surface area contributed by atoms with E-state index in [4.69, 9.17) is 17.3 Å². The first-order valence-electron chi connectivity index (χ1n) is 9.91. The largest absolute Gasteiger partial charge is 0.478 e. The third kappa shape index (κ3) is 3.83. The highest BCUT2D eigenvalue weighted by atomic mass is 32.1. The molecule has 0 atom stereocenters. The number of benzene rings is 2. The molecule has 2 amide bonds. The zero-order valence-corrected chi connectivity index (χ0v) is 17.9. The number of carboxylic acid groups (broad SMARTS) is 1. The standard InChI is InChI=1S/C24H19N3O4S/c1-2-15-6-3-4-8-20(15)27-22(29)19(21(28)25-24(27)32)14-18-7-5-13-26(18)17-11-9-16(10-12-17)23(30)31/h3-14H,2H2,1H3,(H,30,31)(H,25,28,32)/b19-14+. The highest BCUT2D eigenvalue weighted by molar-refractivity contribution is 7.80. The molecule has 1 aliphatic rings. The van der Waals surface area contributed by atoms with Gasteiger partial charge in [0.05, 0.1) is 11.3 Å². The zero-order chi connectivity index (χ0) is 22.8. The van der Waals surface area contributed by atoms with Crippen LogP contribution >= 0.6 is 12.2 Å². The van der Waals surface area contributed by atoms with Gasteiger partial charge in [-0.3, -0.25) is 19.8 Å². The summed E-state index contributed by atoms with van der Waals surface area (Å²) in [7, 11) is 0. The second kappa shape index (κ2) is 8.60. The third-order valence-electron chi connectivity index (χ3n) is 5.18. The number of carbonyl (C=O) groups excluding carboxylic acids is 2. The maximum Gasteiger partial charge on any atom is 0.335 e. The summed E-state index contributed by atoms with van der Waals surface area (Å²) in [5.74, 6) is -2.09. The average molecular weight is 446 g/mol. The molecule has 0 unspecified atom stereocenters. The summed E-state index contributed by atoms with van der Waals surface area (Å²) >= 11 is 5.30. The molecule has 8 heteroatoms. The molecule has 0 bridgehead atoms. The second-order valence-corrected chi connectivity index (χ2v) is 7.48. The molecule has 32 heavy (non-hydrogen) atoms. The Bertz CT molecular complexity index is 1270. The Morgan fingerprint density at radius 3 is 2.47 bits per heavy atom. The summed E-state index contributed by atoms with van der Waals surface area (Å²) in [5, 5.41) is 11.7. The first-order chi connectivity index (χ1) is 15.4. The van der Waals surface area contributed by atoms with Gasteiger partial charge in [0, 0.05) is 17.6 Å². The van der Waals surface area contributed by atoms with Crippen molar-refractivity contribution >= 4 is 46.9 Å². The third-order valence-corrected chi connectivity index (χ3v) is 5.46. The van der Waals surface area contributed by atoms with Crippen molar-refractivity contribution in [2.24, 2.45) is 0 Å². The summed E-state index contributed by atoms with van der Waals surface area (Å²) in [5.41, 5.74) is 2.96. The van der Waals surface area contributed by atoms with Gasteiger partial charge in [-0.05, 0) is 72.7 Å². The minimum atomic E-state index is -1.01. The molecule has 1 aromatic heterocycles. The minimum absolute atomic E-state index is 0.0395. The van der Waals surface area contributed by atoms with E-state index < -0.39 is 17.8 Å². The molecule has 160 valence electrons. The SMILES string of the molecule is CCc1ccccc1N1C(=O)/C(=C/c2cccn2-c2ccc(C(=O)O)cc2)C(=O)NC1=S. The van der Waals surface area contributed by atoms with Gasteiger partial charge in [-0.15, -0.1) is 0 Å². The number of carboxylic acids is 1. The van der Waals surface area contributed by atoms with Gasteiger partial charge in [-0.2, -0.15) is 0 Å². The fourth-order valence-corrected chi connectivity index (χ4v) is 3.84. The molecule has 2 aromatic carbocycles. The lowest BCUT2D eigenvalue weighted by molar-refractivity contribution is -0.122. The summed E-state index contributed by atoms with van der Waals surface area (Å²) in [6.07, 6.45) is 3.97. The smallest absolute Gasteiger partial charge is 0.335 e. The predicted molar refractivity (Wildman–Crippen MR) is 125 cm³/mol. The van der Waals surface area contributed by atoms with Gasteiger partial charge in [0.1, 0.15) is 5.57 Å². The van der Waals surface area contributed by atoms with Crippen LogP contribution in [0.3, 0.4) is 0 Å². The van der Waals surface area contributed by atoms with Gasteiger partial charge in [0.2, 0.25) is 0 Å². The number of aromatic nitrogens is 1. The molecular formula is C24H19N3O4S. The number of anilines is 1.